The van der Waals surface area contributed by atoms with E-state index in [1.54, 1.807) is 0 Å². The van der Waals surface area contributed by atoms with E-state index in [-0.39, 0.29) is 16.1 Å². The molecule has 0 heterocycles. The Morgan fingerprint density at radius 2 is 1.85 bits per heavy atom. The van der Waals surface area contributed by atoms with Crippen molar-refractivity contribution in [2.75, 3.05) is 5.73 Å². The largest absolute Gasteiger partial charge is 0.478 e. The molecule has 1 aromatic carbocycles. The van der Waals surface area contributed by atoms with E-state index in [0.29, 0.717) is 0 Å². The van der Waals surface area contributed by atoms with Gasteiger partial charge in [0.15, 0.2) is 0 Å². The molecule has 6 N–H and O–H groups in total. The van der Waals surface area contributed by atoms with Crippen LogP contribution in [0.15, 0.2) is 23.1 Å². The lowest BCUT2D eigenvalue weighted by atomic mass is 10.1. The van der Waals surface area contributed by atoms with Gasteiger partial charge >= 0.3 is 5.97 Å². The number of amides is 1. The number of benzene rings is 1. The highest BCUT2D eigenvalue weighted by atomic mass is 32.2. The summed E-state index contributed by atoms with van der Waals surface area (Å²) in [5.41, 5.74) is 8.74. The number of nitrogens with two attached hydrogens (primary N) is 2. The van der Waals surface area contributed by atoms with Crippen molar-refractivity contribution in [1.82, 2.24) is 4.72 Å². The molecule has 0 fully saturated rings. The Bertz CT molecular complexity index is 667. The number of primary amides is 1. The summed E-state index contributed by atoms with van der Waals surface area (Å²) in [5, 5.41) is 8.78. The lowest BCUT2D eigenvalue weighted by Crippen LogP contribution is -2.52. The zero-order valence-electron chi connectivity index (χ0n) is 10.9. The summed E-state index contributed by atoms with van der Waals surface area (Å²) < 4.78 is 26.3. The second-order valence-electron chi connectivity index (χ2n) is 4.65. The zero-order chi connectivity index (χ0) is 15.7. The lowest BCUT2D eigenvalue weighted by molar-refractivity contribution is -0.122. The minimum atomic E-state index is -4.10. The van der Waals surface area contributed by atoms with Gasteiger partial charge in [0, 0.05) is 0 Å². The van der Waals surface area contributed by atoms with Crippen LogP contribution in [0.5, 0.6) is 0 Å². The van der Waals surface area contributed by atoms with Crippen LogP contribution in [-0.2, 0) is 14.8 Å². The summed E-state index contributed by atoms with van der Waals surface area (Å²) in [6.45, 7) is 2.60. The van der Waals surface area contributed by atoms with Gasteiger partial charge in [-0.05, 0) is 32.0 Å². The third-order valence-corrected chi connectivity index (χ3v) is 4.28. The SMILES string of the molecule is CC(C)(NS(=O)(=O)c1ccc(C(=O)O)cc1N)C(N)=O. The van der Waals surface area contributed by atoms with Gasteiger partial charge in [-0.15, -0.1) is 0 Å². The molecule has 1 rings (SSSR count). The van der Waals surface area contributed by atoms with E-state index >= 15 is 0 Å². The molecule has 0 aromatic heterocycles. The fourth-order valence-electron chi connectivity index (χ4n) is 1.37. The van der Waals surface area contributed by atoms with Gasteiger partial charge in [-0.2, -0.15) is 4.72 Å². The van der Waals surface area contributed by atoms with Crippen LogP contribution in [-0.4, -0.2) is 30.9 Å². The zero-order valence-corrected chi connectivity index (χ0v) is 11.7. The molecule has 0 unspecified atom stereocenters. The number of rotatable bonds is 5. The molecule has 0 spiro atoms. The number of carbonyl (C=O) groups is 2. The first-order valence-corrected chi connectivity index (χ1v) is 6.92. The van der Waals surface area contributed by atoms with E-state index in [9.17, 15) is 18.0 Å². The Balaban J connectivity index is 3.24. The summed E-state index contributed by atoms with van der Waals surface area (Å²) >= 11 is 0. The Labute approximate surface area is 115 Å². The summed E-state index contributed by atoms with van der Waals surface area (Å²) in [6.07, 6.45) is 0. The number of carboxylic acid groups (broad SMARTS) is 1. The van der Waals surface area contributed by atoms with E-state index in [0.717, 1.165) is 18.2 Å². The highest BCUT2D eigenvalue weighted by Crippen LogP contribution is 2.21. The molecule has 0 bridgehead atoms. The minimum absolute atomic E-state index is 0.143. The molecule has 0 aliphatic rings. The molecule has 20 heavy (non-hydrogen) atoms. The van der Waals surface area contributed by atoms with Crippen LogP contribution < -0.4 is 16.2 Å². The molecule has 9 heteroatoms. The summed E-state index contributed by atoms with van der Waals surface area (Å²) in [5.74, 6) is -2.09. The van der Waals surface area contributed by atoms with Crippen molar-refractivity contribution in [1.29, 1.82) is 0 Å². The van der Waals surface area contributed by atoms with Gasteiger partial charge in [0.05, 0.1) is 11.3 Å². The van der Waals surface area contributed by atoms with Crippen LogP contribution in [0.25, 0.3) is 0 Å². The highest BCUT2D eigenvalue weighted by molar-refractivity contribution is 7.89. The van der Waals surface area contributed by atoms with Crippen LogP contribution in [0.3, 0.4) is 0 Å². The third-order valence-electron chi connectivity index (χ3n) is 2.55. The standard InChI is InChI=1S/C11H15N3O5S/c1-11(2,10(13)17)14-20(18,19)8-4-3-6(9(15)16)5-7(8)12/h3-5,14H,12H2,1-2H3,(H2,13,17)(H,15,16). The van der Waals surface area contributed by atoms with Crippen molar-refractivity contribution in [2.45, 2.75) is 24.3 Å². The van der Waals surface area contributed by atoms with Crippen molar-refractivity contribution in [2.24, 2.45) is 5.73 Å². The molecule has 0 saturated carbocycles. The number of hydrogen-bond acceptors (Lipinski definition) is 5. The average molecular weight is 301 g/mol. The molecular weight excluding hydrogens is 286 g/mol. The lowest BCUT2D eigenvalue weighted by Gasteiger charge is -2.22. The number of hydrogen-bond donors (Lipinski definition) is 4. The molecule has 0 saturated heterocycles. The minimum Gasteiger partial charge on any atom is -0.478 e. The predicted octanol–water partition coefficient (Wildman–Crippen LogP) is -0.491. The van der Waals surface area contributed by atoms with Crippen LogP contribution in [0, 0.1) is 0 Å². The predicted molar refractivity (Wildman–Crippen MR) is 71.4 cm³/mol. The van der Waals surface area contributed by atoms with Crippen molar-refractivity contribution >= 4 is 27.6 Å². The molecule has 0 radical (unpaired) electrons. The number of carbonyl (C=O) groups excluding carboxylic acids is 1. The Morgan fingerprint density at radius 1 is 1.30 bits per heavy atom. The van der Waals surface area contributed by atoms with Gasteiger partial charge in [-0.3, -0.25) is 4.79 Å². The number of nitrogens with one attached hydrogen (secondary N) is 1. The van der Waals surface area contributed by atoms with E-state index < -0.39 is 27.4 Å². The van der Waals surface area contributed by atoms with Gasteiger partial charge < -0.3 is 16.6 Å². The van der Waals surface area contributed by atoms with Crippen LogP contribution in [0.4, 0.5) is 5.69 Å². The number of nitrogen functional groups attached to an aromatic ring is 1. The summed E-state index contributed by atoms with van der Waals surface area (Å²) in [6, 6.07) is 3.18. The van der Waals surface area contributed by atoms with Crippen molar-refractivity contribution in [3.8, 4) is 0 Å². The van der Waals surface area contributed by atoms with Gasteiger partial charge in [-0.1, -0.05) is 0 Å². The first kappa shape index (κ1) is 15.9. The molecule has 8 nitrogen and oxygen atoms in total. The fourth-order valence-corrected chi connectivity index (χ4v) is 2.87. The topological polar surface area (TPSA) is 153 Å². The molecule has 0 aliphatic carbocycles. The van der Waals surface area contributed by atoms with Crippen LogP contribution in [0.1, 0.15) is 24.2 Å². The molecule has 1 amide bonds. The number of sulfonamides is 1. The summed E-state index contributed by atoms with van der Waals surface area (Å²) in [4.78, 5) is 21.6. The van der Waals surface area contributed by atoms with E-state index in [1.807, 2.05) is 0 Å². The van der Waals surface area contributed by atoms with Crippen LogP contribution >= 0.6 is 0 Å². The maximum atomic E-state index is 12.1. The number of aromatic carboxylic acids is 1. The maximum Gasteiger partial charge on any atom is 0.335 e. The third kappa shape index (κ3) is 3.25. The molecule has 1 aromatic rings. The molecule has 0 atom stereocenters. The first-order chi connectivity index (χ1) is 8.97. The molecular formula is C11H15N3O5S. The van der Waals surface area contributed by atoms with E-state index in [4.69, 9.17) is 16.6 Å². The molecule has 110 valence electrons. The van der Waals surface area contributed by atoms with Crippen molar-refractivity contribution in [3.05, 3.63) is 23.8 Å². The first-order valence-electron chi connectivity index (χ1n) is 5.44. The van der Waals surface area contributed by atoms with Gasteiger partial charge in [-0.25, -0.2) is 13.2 Å². The Morgan fingerprint density at radius 3 is 2.25 bits per heavy atom. The van der Waals surface area contributed by atoms with Crippen LogP contribution in [0.2, 0.25) is 0 Å². The second kappa shape index (κ2) is 5.10. The Hall–Kier alpha value is -2.13. The smallest absolute Gasteiger partial charge is 0.335 e. The van der Waals surface area contributed by atoms with E-state index in [1.165, 1.54) is 13.8 Å². The van der Waals surface area contributed by atoms with Gasteiger partial charge in [0.2, 0.25) is 15.9 Å². The maximum absolute atomic E-state index is 12.1. The van der Waals surface area contributed by atoms with Crippen molar-refractivity contribution < 1.29 is 23.1 Å². The number of anilines is 1. The summed E-state index contributed by atoms with van der Waals surface area (Å²) in [7, 11) is -4.10. The van der Waals surface area contributed by atoms with Gasteiger partial charge in [0.25, 0.3) is 0 Å². The van der Waals surface area contributed by atoms with Crippen molar-refractivity contribution in [3.63, 3.8) is 0 Å². The average Bonchev–Trinajstić information content (AvgIpc) is 2.26. The van der Waals surface area contributed by atoms with Gasteiger partial charge in [0.1, 0.15) is 10.4 Å². The quantitative estimate of drug-likeness (QED) is 0.538. The fraction of sp³-hybridized carbons (Fsp3) is 0.273. The van der Waals surface area contributed by atoms with E-state index in [2.05, 4.69) is 4.72 Å². The monoisotopic (exact) mass is 301 g/mol. The second-order valence-corrected chi connectivity index (χ2v) is 6.30. The highest BCUT2D eigenvalue weighted by Gasteiger charge is 2.32. The number of carboxylic acids is 1. The Kier molecular flexibility index (Phi) is 4.06. The molecule has 0 aliphatic heterocycles. The normalized spacial score (nSPS) is 12.1.